The van der Waals surface area contributed by atoms with E-state index in [1.165, 1.54) is 12.1 Å². The molecule has 1 aromatic carbocycles. The van der Waals surface area contributed by atoms with Gasteiger partial charge in [0.05, 0.1) is 5.56 Å². The fraction of sp³-hybridized carbons (Fsp3) is 0.364. The molecule has 0 atom stereocenters. The number of hydrogen-bond acceptors (Lipinski definition) is 1. The Kier molecular flexibility index (Phi) is 3.10. The van der Waals surface area contributed by atoms with Crippen LogP contribution in [0.4, 0.5) is 4.39 Å². The van der Waals surface area contributed by atoms with Gasteiger partial charge in [0.1, 0.15) is 5.82 Å². The van der Waals surface area contributed by atoms with E-state index in [-0.39, 0.29) is 11.0 Å². The van der Waals surface area contributed by atoms with E-state index in [0.717, 1.165) is 10.0 Å². The molecule has 0 heterocycles. The van der Waals surface area contributed by atoms with Gasteiger partial charge < -0.3 is 0 Å². The Hall–Kier alpha value is -0.700. The van der Waals surface area contributed by atoms with E-state index < -0.39 is 5.82 Å². The summed E-state index contributed by atoms with van der Waals surface area (Å²) in [5.74, 6) is -0.465. The summed E-state index contributed by atoms with van der Waals surface area (Å²) in [6, 6.07) is 2.93. The summed E-state index contributed by atoms with van der Waals surface area (Å²) in [5.41, 5.74) is 0.812. The SMILES string of the molecule is CC(C)(C)c1cc(F)c(C=O)cc1Br. The van der Waals surface area contributed by atoms with Crippen LogP contribution < -0.4 is 0 Å². The Bertz CT molecular complexity index is 366. The molecule has 0 aliphatic rings. The molecule has 0 fully saturated rings. The first kappa shape index (κ1) is 11.4. The highest BCUT2D eigenvalue weighted by molar-refractivity contribution is 9.10. The van der Waals surface area contributed by atoms with Crippen molar-refractivity contribution in [1.82, 2.24) is 0 Å². The maximum atomic E-state index is 13.3. The van der Waals surface area contributed by atoms with Gasteiger partial charge in [0.15, 0.2) is 6.29 Å². The predicted molar refractivity (Wildman–Crippen MR) is 58.2 cm³/mol. The third-order valence-corrected chi connectivity index (χ3v) is 2.68. The van der Waals surface area contributed by atoms with Gasteiger partial charge in [-0.2, -0.15) is 0 Å². The van der Waals surface area contributed by atoms with Crippen LogP contribution in [0.25, 0.3) is 0 Å². The topological polar surface area (TPSA) is 17.1 Å². The average molecular weight is 259 g/mol. The minimum atomic E-state index is -0.465. The van der Waals surface area contributed by atoms with Gasteiger partial charge in [0.2, 0.25) is 0 Å². The number of hydrogen-bond donors (Lipinski definition) is 0. The van der Waals surface area contributed by atoms with Gasteiger partial charge in [0.25, 0.3) is 0 Å². The molecule has 0 saturated carbocycles. The summed E-state index contributed by atoms with van der Waals surface area (Å²) < 4.78 is 14.1. The summed E-state index contributed by atoms with van der Waals surface area (Å²) in [4.78, 5) is 10.5. The molecule has 0 radical (unpaired) electrons. The van der Waals surface area contributed by atoms with Crippen LogP contribution in [0.2, 0.25) is 0 Å². The molecule has 1 aromatic rings. The lowest BCUT2D eigenvalue weighted by Crippen LogP contribution is -2.13. The highest BCUT2D eigenvalue weighted by atomic mass is 79.9. The van der Waals surface area contributed by atoms with E-state index >= 15 is 0 Å². The highest BCUT2D eigenvalue weighted by Crippen LogP contribution is 2.31. The van der Waals surface area contributed by atoms with Crippen molar-refractivity contribution in [3.05, 3.63) is 33.5 Å². The zero-order valence-electron chi connectivity index (χ0n) is 8.40. The van der Waals surface area contributed by atoms with Crippen LogP contribution in [0, 0.1) is 5.82 Å². The monoisotopic (exact) mass is 258 g/mol. The molecule has 1 rings (SSSR count). The average Bonchev–Trinajstić information content (AvgIpc) is 2.06. The quantitative estimate of drug-likeness (QED) is 0.703. The van der Waals surface area contributed by atoms with Crippen molar-refractivity contribution in [3.8, 4) is 0 Å². The van der Waals surface area contributed by atoms with Crippen LogP contribution in [0.5, 0.6) is 0 Å². The first-order chi connectivity index (χ1) is 6.36. The lowest BCUT2D eigenvalue weighted by molar-refractivity contribution is 0.111. The summed E-state index contributed by atoms with van der Waals surface area (Å²) in [7, 11) is 0. The Labute approximate surface area is 91.5 Å². The third kappa shape index (κ3) is 2.21. The van der Waals surface area contributed by atoms with Gasteiger partial charge in [-0.25, -0.2) is 4.39 Å². The molecule has 0 N–H and O–H groups in total. The van der Waals surface area contributed by atoms with Crippen molar-refractivity contribution in [1.29, 1.82) is 0 Å². The molecule has 0 aliphatic carbocycles. The molecule has 76 valence electrons. The smallest absolute Gasteiger partial charge is 0.153 e. The van der Waals surface area contributed by atoms with Gasteiger partial charge in [-0.15, -0.1) is 0 Å². The van der Waals surface area contributed by atoms with Gasteiger partial charge in [-0.3, -0.25) is 4.79 Å². The number of benzene rings is 1. The molecule has 3 heteroatoms. The predicted octanol–water partition coefficient (Wildman–Crippen LogP) is 3.70. The maximum Gasteiger partial charge on any atom is 0.153 e. The molecule has 0 aromatic heterocycles. The van der Waals surface area contributed by atoms with E-state index in [1.54, 1.807) is 0 Å². The van der Waals surface area contributed by atoms with E-state index in [9.17, 15) is 9.18 Å². The van der Waals surface area contributed by atoms with Gasteiger partial charge in [0, 0.05) is 4.47 Å². The first-order valence-corrected chi connectivity index (χ1v) is 5.10. The Morgan fingerprint density at radius 1 is 1.36 bits per heavy atom. The lowest BCUT2D eigenvalue weighted by Gasteiger charge is -2.21. The van der Waals surface area contributed by atoms with Crippen LogP contribution in [-0.4, -0.2) is 6.29 Å². The lowest BCUT2D eigenvalue weighted by atomic mass is 9.86. The number of aldehydes is 1. The van der Waals surface area contributed by atoms with E-state index in [4.69, 9.17) is 0 Å². The normalized spacial score (nSPS) is 11.5. The Balaban J connectivity index is 3.36. The van der Waals surface area contributed by atoms with Crippen LogP contribution in [-0.2, 0) is 5.41 Å². The zero-order valence-corrected chi connectivity index (χ0v) is 9.98. The number of carbonyl (C=O) groups is 1. The Morgan fingerprint density at radius 2 is 1.93 bits per heavy atom. The molecule has 0 unspecified atom stereocenters. The van der Waals surface area contributed by atoms with E-state index in [0.29, 0.717) is 6.29 Å². The van der Waals surface area contributed by atoms with Crippen molar-refractivity contribution in [2.75, 3.05) is 0 Å². The van der Waals surface area contributed by atoms with Crippen molar-refractivity contribution in [2.24, 2.45) is 0 Å². The second-order valence-electron chi connectivity index (χ2n) is 4.22. The van der Waals surface area contributed by atoms with Crippen molar-refractivity contribution >= 4 is 22.2 Å². The summed E-state index contributed by atoms with van der Waals surface area (Å²) >= 11 is 3.33. The standard InChI is InChI=1S/C11H12BrFO/c1-11(2,3)8-5-10(13)7(6-14)4-9(8)12/h4-6H,1-3H3. The summed E-state index contributed by atoms with van der Waals surface area (Å²) in [5, 5.41) is 0. The van der Waals surface area contributed by atoms with E-state index in [1.807, 2.05) is 20.8 Å². The largest absolute Gasteiger partial charge is 0.298 e. The Morgan fingerprint density at radius 3 is 2.36 bits per heavy atom. The third-order valence-electron chi connectivity index (χ3n) is 2.02. The van der Waals surface area contributed by atoms with Crippen LogP contribution in [0.3, 0.4) is 0 Å². The molecule has 0 bridgehead atoms. The zero-order chi connectivity index (χ0) is 10.9. The molecule has 0 aliphatic heterocycles. The second-order valence-corrected chi connectivity index (χ2v) is 5.08. The molecule has 0 amide bonds. The van der Waals surface area contributed by atoms with Gasteiger partial charge in [-0.1, -0.05) is 36.7 Å². The molecule has 0 spiro atoms. The maximum absolute atomic E-state index is 13.3. The highest BCUT2D eigenvalue weighted by Gasteiger charge is 2.19. The fourth-order valence-electron chi connectivity index (χ4n) is 1.23. The molecule has 14 heavy (non-hydrogen) atoms. The van der Waals surface area contributed by atoms with E-state index in [2.05, 4.69) is 15.9 Å². The first-order valence-electron chi connectivity index (χ1n) is 4.31. The molecule has 0 saturated heterocycles. The van der Waals surface area contributed by atoms with Crippen molar-refractivity contribution < 1.29 is 9.18 Å². The van der Waals surface area contributed by atoms with Gasteiger partial charge in [-0.05, 0) is 23.1 Å². The van der Waals surface area contributed by atoms with Crippen molar-refractivity contribution in [3.63, 3.8) is 0 Å². The molecular weight excluding hydrogens is 247 g/mol. The second kappa shape index (κ2) is 3.81. The van der Waals surface area contributed by atoms with Crippen LogP contribution in [0.15, 0.2) is 16.6 Å². The van der Waals surface area contributed by atoms with Gasteiger partial charge >= 0.3 is 0 Å². The van der Waals surface area contributed by atoms with Crippen LogP contribution in [0.1, 0.15) is 36.7 Å². The molecule has 1 nitrogen and oxygen atoms in total. The summed E-state index contributed by atoms with van der Waals surface area (Å²) in [6.07, 6.45) is 0.520. The minimum absolute atomic E-state index is 0.0878. The molecular formula is C11H12BrFO. The van der Waals surface area contributed by atoms with Crippen LogP contribution >= 0.6 is 15.9 Å². The number of carbonyl (C=O) groups excluding carboxylic acids is 1. The number of rotatable bonds is 1. The number of halogens is 2. The fourth-order valence-corrected chi connectivity index (χ4v) is 2.18. The minimum Gasteiger partial charge on any atom is -0.298 e. The summed E-state index contributed by atoms with van der Waals surface area (Å²) in [6.45, 7) is 5.98. The van der Waals surface area contributed by atoms with Crippen molar-refractivity contribution in [2.45, 2.75) is 26.2 Å².